The number of carbonyl (C=O) groups is 3. The summed E-state index contributed by atoms with van der Waals surface area (Å²) in [7, 11) is 0. The van der Waals surface area contributed by atoms with E-state index in [4.69, 9.17) is 11.6 Å². The number of carbonyl (C=O) groups excluding carboxylic acids is 3. The van der Waals surface area contributed by atoms with E-state index < -0.39 is 30.3 Å². The predicted octanol–water partition coefficient (Wildman–Crippen LogP) is 2.52. The molecule has 24 heavy (non-hydrogen) atoms. The molecule has 8 heteroatoms. The molecule has 2 N–H and O–H groups in total. The van der Waals surface area contributed by atoms with Crippen molar-refractivity contribution in [3.8, 4) is 0 Å². The molecular weight excluding hydrogens is 339 g/mol. The predicted molar refractivity (Wildman–Crippen MR) is 87.8 cm³/mol. The average molecular weight is 357 g/mol. The normalized spacial score (nSPS) is 10.7. The first-order chi connectivity index (χ1) is 11.3. The molecule has 1 rings (SSSR count). The van der Waals surface area contributed by atoms with Crippen LogP contribution in [0.4, 0.5) is 9.18 Å². The highest BCUT2D eigenvalue weighted by Gasteiger charge is 2.10. The quantitative estimate of drug-likeness (QED) is 0.606. The van der Waals surface area contributed by atoms with Crippen molar-refractivity contribution in [2.45, 2.75) is 13.8 Å². The smallest absolute Gasteiger partial charge is 0.331 e. The zero-order valence-electron chi connectivity index (χ0n) is 13.3. The molecular formula is C16H18ClFN2O4. The number of amides is 3. The van der Waals surface area contributed by atoms with Crippen molar-refractivity contribution in [1.82, 2.24) is 10.6 Å². The second-order valence-electron chi connectivity index (χ2n) is 5.23. The number of hydrogen-bond acceptors (Lipinski definition) is 4. The third kappa shape index (κ3) is 7.23. The van der Waals surface area contributed by atoms with Crippen LogP contribution in [0.5, 0.6) is 0 Å². The van der Waals surface area contributed by atoms with Crippen LogP contribution in [0.25, 0.3) is 6.08 Å². The minimum atomic E-state index is -0.868. The number of imide groups is 1. The number of benzene rings is 1. The Morgan fingerprint density at radius 1 is 1.33 bits per heavy atom. The van der Waals surface area contributed by atoms with Crippen molar-refractivity contribution < 1.29 is 23.5 Å². The standard InChI is InChI=1S/C16H18ClFN2O4/c1-10(2)8-19-16(23)20-14(21)9-24-15(22)7-6-11-12(17)4-3-5-13(11)18/h3-7,10H,8-9H2,1-2H3,(H2,19,20,21,23)/b7-6+. The van der Waals surface area contributed by atoms with E-state index in [1.54, 1.807) is 0 Å². The Hall–Kier alpha value is -2.41. The molecule has 0 unspecified atom stereocenters. The zero-order valence-corrected chi connectivity index (χ0v) is 14.0. The molecule has 0 atom stereocenters. The number of ether oxygens (including phenoxy) is 1. The Morgan fingerprint density at radius 2 is 2.04 bits per heavy atom. The zero-order chi connectivity index (χ0) is 18.1. The number of halogens is 2. The summed E-state index contributed by atoms with van der Waals surface area (Å²) in [4.78, 5) is 34.3. The Labute approximate surface area is 144 Å². The van der Waals surface area contributed by atoms with Crippen LogP contribution in [0, 0.1) is 11.7 Å². The molecule has 1 aromatic carbocycles. The van der Waals surface area contributed by atoms with Gasteiger partial charge in [0.15, 0.2) is 6.61 Å². The maximum absolute atomic E-state index is 13.5. The first-order valence-electron chi connectivity index (χ1n) is 7.16. The van der Waals surface area contributed by atoms with E-state index in [1.807, 2.05) is 19.2 Å². The molecule has 6 nitrogen and oxygen atoms in total. The van der Waals surface area contributed by atoms with Crippen molar-refractivity contribution in [3.05, 3.63) is 40.7 Å². The van der Waals surface area contributed by atoms with Crippen LogP contribution < -0.4 is 10.6 Å². The van der Waals surface area contributed by atoms with Gasteiger partial charge in [-0.15, -0.1) is 0 Å². The summed E-state index contributed by atoms with van der Waals surface area (Å²) in [5, 5.41) is 4.63. The fourth-order valence-electron chi connectivity index (χ4n) is 1.51. The maximum atomic E-state index is 13.5. The molecule has 0 aliphatic carbocycles. The second kappa shape index (κ2) is 9.67. The third-order valence-corrected chi connectivity index (χ3v) is 2.98. The van der Waals surface area contributed by atoms with Gasteiger partial charge in [0.2, 0.25) is 0 Å². The van der Waals surface area contributed by atoms with E-state index in [2.05, 4.69) is 10.1 Å². The molecule has 0 bridgehead atoms. The van der Waals surface area contributed by atoms with E-state index in [0.29, 0.717) is 6.54 Å². The van der Waals surface area contributed by atoms with Crippen LogP contribution in [0.1, 0.15) is 19.4 Å². The van der Waals surface area contributed by atoms with Gasteiger partial charge in [0.1, 0.15) is 5.82 Å². The Balaban J connectivity index is 2.42. The fraction of sp³-hybridized carbons (Fsp3) is 0.312. The van der Waals surface area contributed by atoms with Gasteiger partial charge in [-0.3, -0.25) is 10.1 Å². The largest absolute Gasteiger partial charge is 0.452 e. The summed E-state index contributed by atoms with van der Waals surface area (Å²) >= 11 is 5.80. The number of esters is 1. The lowest BCUT2D eigenvalue weighted by atomic mass is 10.2. The number of rotatable bonds is 6. The monoisotopic (exact) mass is 356 g/mol. The van der Waals surface area contributed by atoms with Gasteiger partial charge in [-0.05, 0) is 24.1 Å². The summed E-state index contributed by atoms with van der Waals surface area (Å²) < 4.78 is 18.1. The first-order valence-corrected chi connectivity index (χ1v) is 7.54. The van der Waals surface area contributed by atoms with E-state index in [-0.39, 0.29) is 16.5 Å². The van der Waals surface area contributed by atoms with Crippen LogP contribution in [0.2, 0.25) is 5.02 Å². The van der Waals surface area contributed by atoms with Crippen molar-refractivity contribution in [1.29, 1.82) is 0 Å². The van der Waals surface area contributed by atoms with Crippen molar-refractivity contribution in [3.63, 3.8) is 0 Å². The molecule has 0 aliphatic heterocycles. The van der Waals surface area contributed by atoms with Gasteiger partial charge in [-0.1, -0.05) is 31.5 Å². The molecule has 3 amide bonds. The molecule has 0 heterocycles. The minimum Gasteiger partial charge on any atom is -0.452 e. The van der Waals surface area contributed by atoms with Crippen LogP contribution in [-0.4, -0.2) is 31.1 Å². The summed E-state index contributed by atoms with van der Waals surface area (Å²) in [5.41, 5.74) is 0.0358. The Morgan fingerprint density at radius 3 is 2.67 bits per heavy atom. The molecule has 0 fully saturated rings. The lowest BCUT2D eigenvalue weighted by Crippen LogP contribution is -2.42. The lowest BCUT2D eigenvalue weighted by molar-refractivity contribution is -0.143. The number of hydrogen-bond donors (Lipinski definition) is 2. The van der Waals surface area contributed by atoms with Crippen molar-refractivity contribution >= 4 is 35.6 Å². The van der Waals surface area contributed by atoms with E-state index in [1.165, 1.54) is 18.2 Å². The number of nitrogens with one attached hydrogen (secondary N) is 2. The van der Waals surface area contributed by atoms with Gasteiger partial charge in [-0.2, -0.15) is 0 Å². The summed E-state index contributed by atoms with van der Waals surface area (Å²) in [5.74, 6) is -2.00. The van der Waals surface area contributed by atoms with Crippen LogP contribution in [0.3, 0.4) is 0 Å². The molecule has 0 spiro atoms. The van der Waals surface area contributed by atoms with Gasteiger partial charge in [-0.25, -0.2) is 14.0 Å². The Kier molecular flexibility index (Phi) is 7.91. The van der Waals surface area contributed by atoms with Crippen molar-refractivity contribution in [2.24, 2.45) is 5.92 Å². The molecule has 1 aromatic rings. The summed E-state index contributed by atoms with van der Waals surface area (Å²) in [6, 6.07) is 3.43. The van der Waals surface area contributed by atoms with E-state index in [9.17, 15) is 18.8 Å². The van der Waals surface area contributed by atoms with Crippen LogP contribution in [0.15, 0.2) is 24.3 Å². The van der Waals surface area contributed by atoms with Gasteiger partial charge in [0, 0.05) is 18.2 Å². The molecule has 0 saturated heterocycles. The second-order valence-corrected chi connectivity index (χ2v) is 5.64. The SMILES string of the molecule is CC(C)CNC(=O)NC(=O)COC(=O)/C=C/c1c(F)cccc1Cl. The lowest BCUT2D eigenvalue weighted by Gasteiger charge is -2.08. The maximum Gasteiger partial charge on any atom is 0.331 e. The average Bonchev–Trinajstić information content (AvgIpc) is 2.50. The van der Waals surface area contributed by atoms with Gasteiger partial charge in [0.25, 0.3) is 5.91 Å². The molecule has 0 aliphatic rings. The topological polar surface area (TPSA) is 84.5 Å². The minimum absolute atomic E-state index is 0.0358. The highest BCUT2D eigenvalue weighted by atomic mass is 35.5. The number of urea groups is 1. The highest BCUT2D eigenvalue weighted by molar-refractivity contribution is 6.32. The Bertz CT molecular complexity index is 627. The van der Waals surface area contributed by atoms with E-state index >= 15 is 0 Å². The third-order valence-electron chi connectivity index (χ3n) is 2.66. The first kappa shape index (κ1) is 19.6. The van der Waals surface area contributed by atoms with Crippen LogP contribution in [-0.2, 0) is 14.3 Å². The van der Waals surface area contributed by atoms with E-state index in [0.717, 1.165) is 12.2 Å². The van der Waals surface area contributed by atoms with Crippen molar-refractivity contribution in [2.75, 3.05) is 13.2 Å². The van der Waals surface area contributed by atoms with Gasteiger partial charge >= 0.3 is 12.0 Å². The van der Waals surface area contributed by atoms with Gasteiger partial charge < -0.3 is 10.1 Å². The highest BCUT2D eigenvalue weighted by Crippen LogP contribution is 2.20. The summed E-state index contributed by atoms with van der Waals surface area (Å²) in [6.45, 7) is 3.57. The molecule has 0 radical (unpaired) electrons. The summed E-state index contributed by atoms with van der Waals surface area (Å²) in [6.07, 6.45) is 2.09. The molecule has 0 saturated carbocycles. The molecule has 0 aromatic heterocycles. The van der Waals surface area contributed by atoms with Crippen LogP contribution >= 0.6 is 11.6 Å². The van der Waals surface area contributed by atoms with Gasteiger partial charge in [0.05, 0.1) is 5.02 Å². The fourth-order valence-corrected chi connectivity index (χ4v) is 1.74. The molecule has 130 valence electrons.